The van der Waals surface area contributed by atoms with E-state index < -0.39 is 0 Å². The fourth-order valence-corrected chi connectivity index (χ4v) is 3.82. The van der Waals surface area contributed by atoms with Gasteiger partial charge in [-0.15, -0.1) is 11.3 Å². The van der Waals surface area contributed by atoms with Gasteiger partial charge < -0.3 is 10.1 Å². The number of ether oxygens (including phenoxy) is 1. The number of hydrogen-bond donors (Lipinski definition) is 1. The van der Waals surface area contributed by atoms with E-state index >= 15 is 0 Å². The van der Waals surface area contributed by atoms with E-state index in [1.54, 1.807) is 11.3 Å². The standard InChI is InChI=1S/C14H13BrClNOS/c15-10-5-13(19-8-10)7-17-6-12-4-9-3-11(16)1-2-14(9)18-12/h1-3,5,8,12,17H,4,6-7H2. The van der Waals surface area contributed by atoms with Crippen molar-refractivity contribution in [3.63, 3.8) is 0 Å². The second-order valence-corrected chi connectivity index (χ2v) is 6.91. The average molecular weight is 359 g/mol. The van der Waals surface area contributed by atoms with Crippen molar-refractivity contribution in [2.45, 2.75) is 19.1 Å². The summed E-state index contributed by atoms with van der Waals surface area (Å²) in [5.41, 5.74) is 1.21. The van der Waals surface area contributed by atoms with Gasteiger partial charge in [0, 0.05) is 39.3 Å². The molecule has 0 amide bonds. The van der Waals surface area contributed by atoms with Crippen LogP contribution in [0.5, 0.6) is 5.75 Å². The molecule has 2 nitrogen and oxygen atoms in total. The lowest BCUT2D eigenvalue weighted by molar-refractivity contribution is 0.227. The first-order valence-electron chi connectivity index (χ1n) is 6.09. The quantitative estimate of drug-likeness (QED) is 0.882. The summed E-state index contributed by atoms with van der Waals surface area (Å²) in [6, 6.07) is 7.96. The smallest absolute Gasteiger partial charge is 0.123 e. The molecule has 1 N–H and O–H groups in total. The molecule has 0 saturated carbocycles. The molecule has 1 unspecified atom stereocenters. The topological polar surface area (TPSA) is 21.3 Å². The normalized spacial score (nSPS) is 17.3. The van der Waals surface area contributed by atoms with Gasteiger partial charge in [-0.2, -0.15) is 0 Å². The van der Waals surface area contributed by atoms with Crippen LogP contribution in [0.15, 0.2) is 34.1 Å². The van der Waals surface area contributed by atoms with Gasteiger partial charge >= 0.3 is 0 Å². The van der Waals surface area contributed by atoms with Gasteiger partial charge in [0.25, 0.3) is 0 Å². The molecule has 1 aromatic carbocycles. The van der Waals surface area contributed by atoms with E-state index in [9.17, 15) is 0 Å². The third kappa shape index (κ3) is 3.31. The van der Waals surface area contributed by atoms with Gasteiger partial charge in [-0.05, 0) is 45.8 Å². The second kappa shape index (κ2) is 5.83. The van der Waals surface area contributed by atoms with E-state index in [2.05, 4.69) is 32.7 Å². The molecule has 0 saturated heterocycles. The molecule has 100 valence electrons. The summed E-state index contributed by atoms with van der Waals surface area (Å²) >= 11 is 11.2. The Labute approximate surface area is 129 Å². The van der Waals surface area contributed by atoms with Gasteiger partial charge in [0.15, 0.2) is 0 Å². The van der Waals surface area contributed by atoms with Gasteiger partial charge in [0.2, 0.25) is 0 Å². The predicted octanol–water partition coefficient (Wildman–Crippen LogP) is 4.26. The molecule has 1 atom stereocenters. The summed E-state index contributed by atoms with van der Waals surface area (Å²) in [7, 11) is 0. The Balaban J connectivity index is 1.51. The number of thiophene rings is 1. The highest BCUT2D eigenvalue weighted by atomic mass is 79.9. The highest BCUT2D eigenvalue weighted by molar-refractivity contribution is 9.10. The Morgan fingerprint density at radius 3 is 3.11 bits per heavy atom. The molecule has 2 heterocycles. The van der Waals surface area contributed by atoms with Crippen molar-refractivity contribution in [1.29, 1.82) is 0 Å². The van der Waals surface area contributed by atoms with E-state index in [4.69, 9.17) is 16.3 Å². The molecule has 0 fully saturated rings. The van der Waals surface area contributed by atoms with Crippen LogP contribution in [0.1, 0.15) is 10.4 Å². The van der Waals surface area contributed by atoms with E-state index in [0.717, 1.165) is 34.8 Å². The van der Waals surface area contributed by atoms with Crippen LogP contribution in [-0.4, -0.2) is 12.6 Å². The molecule has 1 aliphatic rings. The number of rotatable bonds is 4. The molecule has 3 rings (SSSR count). The van der Waals surface area contributed by atoms with Crippen molar-refractivity contribution in [2.24, 2.45) is 0 Å². The van der Waals surface area contributed by atoms with Crippen molar-refractivity contribution < 1.29 is 4.74 Å². The maximum absolute atomic E-state index is 5.98. The summed E-state index contributed by atoms with van der Waals surface area (Å²) in [5.74, 6) is 0.968. The number of benzene rings is 1. The number of fused-ring (bicyclic) bond motifs is 1. The summed E-state index contributed by atoms with van der Waals surface area (Å²) in [6.07, 6.45) is 1.13. The summed E-state index contributed by atoms with van der Waals surface area (Å²) in [5, 5.41) is 6.31. The fourth-order valence-electron chi connectivity index (χ4n) is 2.21. The van der Waals surface area contributed by atoms with Crippen LogP contribution in [0, 0.1) is 0 Å². The minimum absolute atomic E-state index is 0.205. The van der Waals surface area contributed by atoms with Gasteiger partial charge in [-0.1, -0.05) is 11.6 Å². The van der Waals surface area contributed by atoms with Crippen molar-refractivity contribution in [3.8, 4) is 5.75 Å². The van der Waals surface area contributed by atoms with Crippen molar-refractivity contribution >= 4 is 38.9 Å². The summed E-state index contributed by atoms with van der Waals surface area (Å²) < 4.78 is 7.02. The molecule has 2 aromatic rings. The van der Waals surface area contributed by atoms with Crippen molar-refractivity contribution in [1.82, 2.24) is 5.32 Å². The largest absolute Gasteiger partial charge is 0.488 e. The lowest BCUT2D eigenvalue weighted by atomic mass is 10.1. The van der Waals surface area contributed by atoms with Gasteiger partial charge in [-0.25, -0.2) is 0 Å². The molecule has 0 spiro atoms. The van der Waals surface area contributed by atoms with Gasteiger partial charge in [0.1, 0.15) is 11.9 Å². The fraction of sp³-hybridized carbons (Fsp3) is 0.286. The highest BCUT2D eigenvalue weighted by Crippen LogP contribution is 2.30. The van der Waals surface area contributed by atoms with Crippen LogP contribution in [-0.2, 0) is 13.0 Å². The first-order valence-corrected chi connectivity index (χ1v) is 8.14. The third-order valence-corrected chi connectivity index (χ3v) is 4.99. The van der Waals surface area contributed by atoms with Crippen LogP contribution in [0.25, 0.3) is 0 Å². The number of halogens is 2. The molecule has 1 aliphatic heterocycles. The van der Waals surface area contributed by atoms with Crippen molar-refractivity contribution in [3.05, 3.63) is 49.6 Å². The Morgan fingerprint density at radius 1 is 1.42 bits per heavy atom. The highest BCUT2D eigenvalue weighted by Gasteiger charge is 2.22. The maximum Gasteiger partial charge on any atom is 0.123 e. The molecular formula is C14H13BrClNOS. The molecule has 0 aliphatic carbocycles. The average Bonchev–Trinajstić information content (AvgIpc) is 2.95. The van der Waals surface area contributed by atoms with E-state index in [1.807, 2.05) is 18.2 Å². The zero-order valence-corrected chi connectivity index (χ0v) is 13.3. The Morgan fingerprint density at radius 2 is 2.32 bits per heavy atom. The molecule has 5 heteroatoms. The summed E-state index contributed by atoms with van der Waals surface area (Å²) in [6.45, 7) is 1.73. The molecular weight excluding hydrogens is 346 g/mol. The van der Waals surface area contributed by atoms with E-state index in [-0.39, 0.29) is 6.10 Å². The lowest BCUT2D eigenvalue weighted by Crippen LogP contribution is -2.29. The Kier molecular flexibility index (Phi) is 4.12. The predicted molar refractivity (Wildman–Crippen MR) is 83.3 cm³/mol. The molecule has 0 radical (unpaired) electrons. The van der Waals surface area contributed by atoms with Crippen molar-refractivity contribution in [2.75, 3.05) is 6.54 Å². The van der Waals surface area contributed by atoms with Crippen LogP contribution < -0.4 is 10.1 Å². The monoisotopic (exact) mass is 357 g/mol. The summed E-state index contributed by atoms with van der Waals surface area (Å²) in [4.78, 5) is 1.32. The molecule has 19 heavy (non-hydrogen) atoms. The van der Waals surface area contributed by atoms with Crippen LogP contribution in [0.2, 0.25) is 5.02 Å². The number of nitrogens with one attached hydrogen (secondary N) is 1. The third-order valence-electron chi connectivity index (χ3n) is 3.06. The Hall–Kier alpha value is -0.550. The lowest BCUT2D eigenvalue weighted by Gasteiger charge is -2.11. The zero-order valence-electron chi connectivity index (χ0n) is 10.2. The van der Waals surface area contributed by atoms with Crippen LogP contribution >= 0.6 is 38.9 Å². The molecule has 1 aromatic heterocycles. The minimum atomic E-state index is 0.205. The van der Waals surface area contributed by atoms with Crippen LogP contribution in [0.4, 0.5) is 0 Å². The SMILES string of the molecule is Clc1ccc2c(c1)CC(CNCc1cc(Br)cs1)O2. The zero-order chi connectivity index (χ0) is 13.2. The number of hydrogen-bond acceptors (Lipinski definition) is 3. The Bertz CT molecular complexity index is 587. The first kappa shape index (κ1) is 13.4. The second-order valence-electron chi connectivity index (χ2n) is 4.56. The van der Waals surface area contributed by atoms with E-state index in [1.165, 1.54) is 10.4 Å². The first-order chi connectivity index (χ1) is 9.20. The van der Waals surface area contributed by atoms with Gasteiger partial charge in [0.05, 0.1) is 0 Å². The minimum Gasteiger partial charge on any atom is -0.488 e. The molecule has 0 bridgehead atoms. The van der Waals surface area contributed by atoms with Crippen LogP contribution in [0.3, 0.4) is 0 Å². The van der Waals surface area contributed by atoms with E-state index in [0.29, 0.717) is 0 Å². The van der Waals surface area contributed by atoms with Gasteiger partial charge in [-0.3, -0.25) is 0 Å². The maximum atomic E-state index is 5.98.